The van der Waals surface area contributed by atoms with Crippen molar-refractivity contribution in [1.82, 2.24) is 29.6 Å². The van der Waals surface area contributed by atoms with E-state index in [-0.39, 0.29) is 17.8 Å². The summed E-state index contributed by atoms with van der Waals surface area (Å²) in [5.74, 6) is 1.23. The van der Waals surface area contributed by atoms with Crippen molar-refractivity contribution in [3.05, 3.63) is 30.1 Å². The largest absolute Gasteiger partial charge is 0.374 e. The summed E-state index contributed by atoms with van der Waals surface area (Å²) in [6.45, 7) is 5.56. The van der Waals surface area contributed by atoms with E-state index < -0.39 is 0 Å². The average molecular weight is 371 g/mol. The van der Waals surface area contributed by atoms with Crippen molar-refractivity contribution in [3.8, 4) is 0 Å². The number of carbonyl (C=O) groups excluding carboxylic acids is 1. The van der Waals surface area contributed by atoms with Crippen molar-refractivity contribution >= 4 is 11.9 Å². The molecule has 144 valence electrons. The van der Waals surface area contributed by atoms with Crippen LogP contribution in [-0.4, -0.2) is 74.4 Å². The number of hydrogen-bond donors (Lipinski definition) is 0. The van der Waals surface area contributed by atoms with Gasteiger partial charge in [-0.25, -0.2) is 15.0 Å². The molecule has 1 amide bonds. The van der Waals surface area contributed by atoms with Gasteiger partial charge >= 0.3 is 0 Å². The van der Waals surface area contributed by atoms with E-state index in [9.17, 15) is 4.79 Å². The number of anilines is 1. The van der Waals surface area contributed by atoms with E-state index in [1.54, 1.807) is 23.0 Å². The zero-order valence-corrected chi connectivity index (χ0v) is 15.8. The summed E-state index contributed by atoms with van der Waals surface area (Å²) in [5, 5.41) is 4.12. The lowest BCUT2D eigenvalue weighted by Crippen LogP contribution is -2.49. The first-order chi connectivity index (χ1) is 13.1. The van der Waals surface area contributed by atoms with E-state index in [2.05, 4.69) is 31.9 Å². The first-order valence-corrected chi connectivity index (χ1v) is 9.46. The molecule has 0 radical (unpaired) electrons. The SMILES string of the molecule is CCc1cnc(N2CCO[C@@H]3CN(C(=O)c4ncn(C)n4)CC[C@@H]3C2)nc1. The summed E-state index contributed by atoms with van der Waals surface area (Å²) < 4.78 is 7.63. The van der Waals surface area contributed by atoms with Crippen LogP contribution in [0.1, 0.15) is 29.5 Å². The van der Waals surface area contributed by atoms with Crippen LogP contribution in [0, 0.1) is 5.92 Å². The average Bonchev–Trinajstić information content (AvgIpc) is 3.02. The highest BCUT2D eigenvalue weighted by atomic mass is 16.5. The monoisotopic (exact) mass is 371 g/mol. The predicted octanol–water partition coefficient (Wildman–Crippen LogP) is 0.535. The zero-order chi connectivity index (χ0) is 18.8. The second kappa shape index (κ2) is 7.59. The standard InChI is InChI=1S/C18H25N7O2/c1-3-13-8-19-18(20-9-13)25-6-7-27-15-11-24(5-4-14(15)10-25)17(26)16-21-12-23(2)22-16/h8-9,12,14-15H,3-7,10-11H2,1-2H3/t14-,15-/m1/s1. The fourth-order valence-corrected chi connectivity index (χ4v) is 3.69. The first-order valence-electron chi connectivity index (χ1n) is 9.46. The third-order valence-corrected chi connectivity index (χ3v) is 5.30. The predicted molar refractivity (Wildman–Crippen MR) is 98.4 cm³/mol. The van der Waals surface area contributed by atoms with E-state index in [1.807, 2.05) is 12.4 Å². The van der Waals surface area contributed by atoms with Gasteiger partial charge in [-0.05, 0) is 18.4 Å². The number of amides is 1. The smallest absolute Gasteiger partial charge is 0.293 e. The molecule has 0 saturated carbocycles. The van der Waals surface area contributed by atoms with Crippen molar-refractivity contribution in [2.75, 3.05) is 37.7 Å². The van der Waals surface area contributed by atoms with Crippen molar-refractivity contribution in [3.63, 3.8) is 0 Å². The Morgan fingerprint density at radius 3 is 2.74 bits per heavy atom. The van der Waals surface area contributed by atoms with Crippen molar-refractivity contribution in [1.29, 1.82) is 0 Å². The van der Waals surface area contributed by atoms with Crippen LogP contribution in [0.3, 0.4) is 0 Å². The molecular formula is C18H25N7O2. The molecule has 27 heavy (non-hydrogen) atoms. The number of ether oxygens (including phenoxy) is 1. The Morgan fingerprint density at radius 1 is 1.22 bits per heavy atom. The van der Waals surface area contributed by atoms with E-state index in [0.717, 1.165) is 37.4 Å². The fraction of sp³-hybridized carbons (Fsp3) is 0.611. The van der Waals surface area contributed by atoms with E-state index in [4.69, 9.17) is 4.74 Å². The molecule has 2 aliphatic heterocycles. The minimum absolute atomic E-state index is 0.0197. The van der Waals surface area contributed by atoms with Gasteiger partial charge in [0, 0.05) is 51.5 Å². The molecule has 0 aliphatic carbocycles. The highest BCUT2D eigenvalue weighted by molar-refractivity contribution is 5.90. The third-order valence-electron chi connectivity index (χ3n) is 5.30. The maximum atomic E-state index is 12.6. The Bertz CT molecular complexity index is 791. The number of nitrogens with zero attached hydrogens (tertiary/aromatic N) is 7. The fourth-order valence-electron chi connectivity index (χ4n) is 3.69. The zero-order valence-electron chi connectivity index (χ0n) is 15.8. The van der Waals surface area contributed by atoms with E-state index in [1.165, 1.54) is 0 Å². The minimum atomic E-state index is -0.128. The normalized spacial score (nSPS) is 23.0. The summed E-state index contributed by atoms with van der Waals surface area (Å²) in [4.78, 5) is 29.7. The molecule has 0 N–H and O–H groups in total. The van der Waals surface area contributed by atoms with Crippen LogP contribution in [0.15, 0.2) is 18.7 Å². The van der Waals surface area contributed by atoms with Gasteiger partial charge in [0.2, 0.25) is 11.8 Å². The Kier molecular flexibility index (Phi) is 5.02. The minimum Gasteiger partial charge on any atom is -0.374 e. The number of aromatic nitrogens is 5. The van der Waals surface area contributed by atoms with Gasteiger partial charge in [-0.1, -0.05) is 6.92 Å². The third kappa shape index (κ3) is 3.78. The van der Waals surface area contributed by atoms with Gasteiger partial charge in [-0.2, -0.15) is 0 Å². The molecule has 2 aliphatic rings. The number of fused-ring (bicyclic) bond motifs is 1. The van der Waals surface area contributed by atoms with Gasteiger partial charge in [0.1, 0.15) is 6.33 Å². The van der Waals surface area contributed by atoms with Crippen molar-refractivity contribution < 1.29 is 9.53 Å². The molecule has 2 saturated heterocycles. The van der Waals surface area contributed by atoms with E-state index in [0.29, 0.717) is 25.6 Å². The van der Waals surface area contributed by atoms with Gasteiger partial charge in [-0.3, -0.25) is 9.48 Å². The number of likely N-dealkylation sites (tertiary alicyclic amines) is 1. The number of piperidine rings is 1. The second-order valence-corrected chi connectivity index (χ2v) is 7.14. The molecule has 0 spiro atoms. The molecule has 0 bridgehead atoms. The Labute approximate surface area is 158 Å². The van der Waals surface area contributed by atoms with Gasteiger partial charge in [0.05, 0.1) is 12.7 Å². The molecule has 9 heteroatoms. The molecule has 4 rings (SSSR count). The highest BCUT2D eigenvalue weighted by Crippen LogP contribution is 2.26. The maximum Gasteiger partial charge on any atom is 0.293 e. The van der Waals surface area contributed by atoms with Gasteiger partial charge in [0.15, 0.2) is 0 Å². The number of carbonyl (C=O) groups is 1. The van der Waals surface area contributed by atoms with Crippen LogP contribution in [0.2, 0.25) is 0 Å². The lowest BCUT2D eigenvalue weighted by atomic mass is 9.93. The summed E-state index contributed by atoms with van der Waals surface area (Å²) >= 11 is 0. The van der Waals surface area contributed by atoms with Gasteiger partial charge in [-0.15, -0.1) is 5.10 Å². The Balaban J connectivity index is 1.42. The van der Waals surface area contributed by atoms with Crippen LogP contribution in [0.4, 0.5) is 5.95 Å². The van der Waals surface area contributed by atoms with Crippen LogP contribution in [0.25, 0.3) is 0 Å². The summed E-state index contributed by atoms with van der Waals surface area (Å²) in [6.07, 6.45) is 7.17. The molecule has 2 aromatic heterocycles. The summed E-state index contributed by atoms with van der Waals surface area (Å²) in [6, 6.07) is 0. The van der Waals surface area contributed by atoms with Crippen LogP contribution in [-0.2, 0) is 18.2 Å². The molecule has 2 fully saturated rings. The molecule has 2 aromatic rings. The van der Waals surface area contributed by atoms with Crippen LogP contribution >= 0.6 is 0 Å². The highest BCUT2D eigenvalue weighted by Gasteiger charge is 2.36. The summed E-state index contributed by atoms with van der Waals surface area (Å²) in [5.41, 5.74) is 1.14. The van der Waals surface area contributed by atoms with Gasteiger partial charge in [0.25, 0.3) is 5.91 Å². The van der Waals surface area contributed by atoms with Gasteiger partial charge < -0.3 is 14.5 Å². The lowest BCUT2D eigenvalue weighted by molar-refractivity contribution is -0.0172. The Hall–Kier alpha value is -2.55. The molecule has 9 nitrogen and oxygen atoms in total. The van der Waals surface area contributed by atoms with Crippen LogP contribution in [0.5, 0.6) is 0 Å². The topological polar surface area (TPSA) is 89.3 Å². The van der Waals surface area contributed by atoms with Crippen molar-refractivity contribution in [2.45, 2.75) is 25.9 Å². The lowest BCUT2D eigenvalue weighted by Gasteiger charge is -2.37. The molecule has 0 aromatic carbocycles. The molecule has 4 heterocycles. The van der Waals surface area contributed by atoms with Crippen molar-refractivity contribution in [2.24, 2.45) is 13.0 Å². The number of aryl methyl sites for hydroxylation is 2. The molecular weight excluding hydrogens is 346 g/mol. The van der Waals surface area contributed by atoms with Crippen LogP contribution < -0.4 is 4.90 Å². The number of hydrogen-bond acceptors (Lipinski definition) is 7. The molecule has 2 atom stereocenters. The first kappa shape index (κ1) is 17.8. The van der Waals surface area contributed by atoms with E-state index >= 15 is 0 Å². The summed E-state index contributed by atoms with van der Waals surface area (Å²) in [7, 11) is 1.76. The Morgan fingerprint density at radius 2 is 2.04 bits per heavy atom. The maximum absolute atomic E-state index is 12.6. The quantitative estimate of drug-likeness (QED) is 0.778. The molecule has 0 unspecified atom stereocenters. The number of rotatable bonds is 3. The second-order valence-electron chi connectivity index (χ2n) is 7.14.